The Morgan fingerprint density at radius 2 is 1.86 bits per heavy atom. The smallest absolute Gasteiger partial charge is 0.335 e. The van der Waals surface area contributed by atoms with E-state index in [4.69, 9.17) is 35.8 Å². The number of ether oxygens (including phenoxy) is 3. The SMILES string of the molecule is C1COC1.COc1cc(C(=O)O)cc2c1nc(CN1CCn3c(nc4c(OCc5ccc(Cl)cc5C#N)cccc43)C1)n2C. The van der Waals surface area contributed by atoms with E-state index in [2.05, 4.69) is 15.5 Å². The van der Waals surface area contributed by atoms with Crippen LogP contribution in [0.4, 0.5) is 0 Å². The molecule has 7 rings (SSSR count). The average molecular weight is 615 g/mol. The van der Waals surface area contributed by atoms with Gasteiger partial charge in [-0.2, -0.15) is 5.26 Å². The minimum absolute atomic E-state index is 0.156. The normalized spacial score (nSPS) is 14.3. The highest BCUT2D eigenvalue weighted by Gasteiger charge is 2.24. The first-order valence-electron chi connectivity index (χ1n) is 14.2. The van der Waals surface area contributed by atoms with Crippen molar-refractivity contribution >= 4 is 39.6 Å². The number of hydrogen-bond acceptors (Lipinski definition) is 8. The molecular weight excluding hydrogens is 584 g/mol. The summed E-state index contributed by atoms with van der Waals surface area (Å²) >= 11 is 6.03. The van der Waals surface area contributed by atoms with E-state index in [0.29, 0.717) is 46.2 Å². The first-order valence-corrected chi connectivity index (χ1v) is 14.6. The third-order valence-corrected chi connectivity index (χ3v) is 8.09. The Balaban J connectivity index is 0.000000794. The van der Waals surface area contributed by atoms with Crippen molar-refractivity contribution in [3.05, 3.63) is 81.9 Å². The van der Waals surface area contributed by atoms with E-state index in [-0.39, 0.29) is 12.2 Å². The van der Waals surface area contributed by atoms with Crippen molar-refractivity contribution in [1.82, 2.24) is 24.0 Å². The topological polar surface area (TPSA) is 128 Å². The zero-order valence-electron chi connectivity index (χ0n) is 24.4. The molecule has 3 aromatic carbocycles. The summed E-state index contributed by atoms with van der Waals surface area (Å²) in [7, 11) is 3.40. The van der Waals surface area contributed by atoms with E-state index < -0.39 is 5.97 Å². The van der Waals surface area contributed by atoms with E-state index >= 15 is 0 Å². The zero-order chi connectivity index (χ0) is 30.8. The van der Waals surface area contributed by atoms with Crippen molar-refractivity contribution in [3.63, 3.8) is 0 Å². The molecular formula is C32H31ClN6O5. The van der Waals surface area contributed by atoms with Gasteiger partial charge in [-0.15, -0.1) is 0 Å². The molecule has 4 heterocycles. The van der Waals surface area contributed by atoms with E-state index in [9.17, 15) is 15.2 Å². The number of aryl methyl sites for hydroxylation is 1. The lowest BCUT2D eigenvalue weighted by Crippen LogP contribution is -2.34. The van der Waals surface area contributed by atoms with Crippen molar-refractivity contribution in [1.29, 1.82) is 5.26 Å². The predicted molar refractivity (Wildman–Crippen MR) is 164 cm³/mol. The highest BCUT2D eigenvalue weighted by molar-refractivity contribution is 6.30. The molecule has 1 fully saturated rings. The molecule has 12 heteroatoms. The lowest BCUT2D eigenvalue weighted by Gasteiger charge is -2.27. The number of hydrogen-bond donors (Lipinski definition) is 1. The maximum Gasteiger partial charge on any atom is 0.335 e. The average Bonchev–Trinajstić information content (AvgIpc) is 3.52. The van der Waals surface area contributed by atoms with Gasteiger partial charge in [0.1, 0.15) is 40.8 Å². The number of carboxylic acids is 1. The van der Waals surface area contributed by atoms with E-state index in [1.165, 1.54) is 19.6 Å². The third kappa shape index (κ3) is 5.79. The van der Waals surface area contributed by atoms with Crippen molar-refractivity contribution < 1.29 is 24.1 Å². The number of fused-ring (bicyclic) bond motifs is 4. The molecule has 0 saturated carbocycles. The molecule has 0 aliphatic carbocycles. The molecule has 0 radical (unpaired) electrons. The number of benzene rings is 3. The fraction of sp³-hybridized carbons (Fsp3) is 0.312. The Morgan fingerprint density at radius 1 is 1.09 bits per heavy atom. The first kappa shape index (κ1) is 29.4. The van der Waals surface area contributed by atoms with E-state index in [0.717, 1.165) is 54.5 Å². The van der Waals surface area contributed by atoms with Crippen LogP contribution in [0.15, 0.2) is 48.5 Å². The fourth-order valence-corrected chi connectivity index (χ4v) is 5.49. The number of imidazole rings is 2. The molecule has 2 aliphatic heterocycles. The maximum absolute atomic E-state index is 11.6. The largest absolute Gasteiger partial charge is 0.494 e. The Hall–Kier alpha value is -4.63. The van der Waals surface area contributed by atoms with Crippen LogP contribution in [-0.2, 0) is 38.0 Å². The molecule has 44 heavy (non-hydrogen) atoms. The highest BCUT2D eigenvalue weighted by atomic mass is 35.5. The second kappa shape index (κ2) is 12.5. The molecule has 1 saturated heterocycles. The second-order valence-electron chi connectivity index (χ2n) is 10.6. The summed E-state index contributed by atoms with van der Waals surface area (Å²) in [6.45, 7) is 4.96. The number of nitrogens with zero attached hydrogens (tertiary/aromatic N) is 6. The van der Waals surface area contributed by atoms with Gasteiger partial charge in [0.25, 0.3) is 0 Å². The second-order valence-corrected chi connectivity index (χ2v) is 11.1. The van der Waals surface area contributed by atoms with Crippen LogP contribution in [0.2, 0.25) is 5.02 Å². The fourth-order valence-electron chi connectivity index (χ4n) is 5.31. The summed E-state index contributed by atoms with van der Waals surface area (Å²) in [5, 5.41) is 19.5. The number of para-hydroxylation sites is 1. The number of carbonyl (C=O) groups is 1. The van der Waals surface area contributed by atoms with Gasteiger partial charge in [0.05, 0.1) is 48.4 Å². The van der Waals surface area contributed by atoms with Crippen LogP contribution in [0.1, 0.15) is 39.6 Å². The van der Waals surface area contributed by atoms with Crippen molar-refractivity contribution in [3.8, 4) is 17.6 Å². The molecule has 2 aromatic heterocycles. The van der Waals surface area contributed by atoms with Crippen LogP contribution in [0.3, 0.4) is 0 Å². The minimum Gasteiger partial charge on any atom is -0.494 e. The molecule has 0 spiro atoms. The number of aromatic carboxylic acids is 1. The van der Waals surface area contributed by atoms with Gasteiger partial charge in [-0.25, -0.2) is 14.8 Å². The van der Waals surface area contributed by atoms with Gasteiger partial charge < -0.3 is 28.5 Å². The van der Waals surface area contributed by atoms with Crippen LogP contribution in [0.5, 0.6) is 11.5 Å². The van der Waals surface area contributed by atoms with Crippen LogP contribution in [0.25, 0.3) is 22.1 Å². The van der Waals surface area contributed by atoms with Gasteiger partial charge in [0.2, 0.25) is 0 Å². The molecule has 11 nitrogen and oxygen atoms in total. The molecule has 0 atom stereocenters. The molecule has 0 bridgehead atoms. The molecule has 5 aromatic rings. The minimum atomic E-state index is -1.01. The van der Waals surface area contributed by atoms with Gasteiger partial charge >= 0.3 is 5.97 Å². The van der Waals surface area contributed by atoms with Gasteiger partial charge in [-0.1, -0.05) is 23.7 Å². The summed E-state index contributed by atoms with van der Waals surface area (Å²) in [5.41, 5.74) is 4.52. The summed E-state index contributed by atoms with van der Waals surface area (Å²) in [6.07, 6.45) is 1.28. The number of methoxy groups -OCH3 is 1. The van der Waals surface area contributed by atoms with Gasteiger partial charge in [-0.3, -0.25) is 4.90 Å². The lowest BCUT2D eigenvalue weighted by atomic mass is 10.1. The number of nitriles is 1. The lowest BCUT2D eigenvalue weighted by molar-refractivity contribution is 0.0367. The molecule has 1 N–H and O–H groups in total. The standard InChI is InChI=1S/C29H25ClN6O4.C3H6O/c1-34-22-11-18(29(37)38)12-24(39-2)28(22)32-25(34)14-35-8-9-36-21-4-3-5-23(27(21)33-26(36)15-35)40-16-17-6-7-20(30)10-19(17)13-31;1-2-4-3-1/h3-7,10-12H,8-9,14-16H2,1-2H3,(H,37,38);1-3H2. The highest BCUT2D eigenvalue weighted by Crippen LogP contribution is 2.31. The molecule has 0 unspecified atom stereocenters. The monoisotopic (exact) mass is 614 g/mol. The number of carboxylic acid groups (broad SMARTS) is 1. The quantitative estimate of drug-likeness (QED) is 0.264. The summed E-state index contributed by atoms with van der Waals surface area (Å²) in [5.74, 6) is 1.80. The Labute approximate surface area is 258 Å². The number of aromatic nitrogens is 4. The van der Waals surface area contributed by atoms with Crippen LogP contribution >= 0.6 is 11.6 Å². The van der Waals surface area contributed by atoms with Gasteiger partial charge in [0, 0.05) is 43.9 Å². The van der Waals surface area contributed by atoms with Gasteiger partial charge in [0.15, 0.2) is 0 Å². The zero-order valence-corrected chi connectivity index (χ0v) is 25.2. The Morgan fingerprint density at radius 3 is 2.57 bits per heavy atom. The molecule has 226 valence electrons. The number of halogens is 1. The van der Waals surface area contributed by atoms with Crippen molar-refractivity contribution in [2.45, 2.75) is 32.7 Å². The number of rotatable bonds is 7. The summed E-state index contributed by atoms with van der Waals surface area (Å²) in [6, 6.07) is 16.4. The predicted octanol–water partition coefficient (Wildman–Crippen LogP) is 5.16. The molecule has 2 aliphatic rings. The third-order valence-electron chi connectivity index (χ3n) is 7.85. The van der Waals surface area contributed by atoms with Crippen LogP contribution < -0.4 is 9.47 Å². The van der Waals surface area contributed by atoms with Gasteiger partial charge in [-0.05, 0) is 42.8 Å². The maximum atomic E-state index is 11.6. The van der Waals surface area contributed by atoms with Crippen LogP contribution in [-0.4, -0.2) is 61.9 Å². The molecule has 0 amide bonds. The first-order chi connectivity index (χ1) is 21.4. The Kier molecular flexibility index (Phi) is 8.39. The van der Waals surface area contributed by atoms with Crippen LogP contribution in [0, 0.1) is 11.3 Å². The van der Waals surface area contributed by atoms with E-state index in [1.807, 2.05) is 29.8 Å². The van der Waals surface area contributed by atoms with E-state index in [1.54, 1.807) is 24.3 Å². The summed E-state index contributed by atoms with van der Waals surface area (Å²) < 4.78 is 20.4. The Bertz CT molecular complexity index is 1900. The van der Waals surface area contributed by atoms with Crippen molar-refractivity contribution in [2.24, 2.45) is 7.05 Å². The summed E-state index contributed by atoms with van der Waals surface area (Å²) in [4.78, 5) is 23.6. The van der Waals surface area contributed by atoms with Crippen molar-refractivity contribution in [2.75, 3.05) is 26.9 Å².